The summed E-state index contributed by atoms with van der Waals surface area (Å²) >= 11 is 0. The van der Waals surface area contributed by atoms with Gasteiger partial charge in [0.05, 0.1) is 0 Å². The summed E-state index contributed by atoms with van der Waals surface area (Å²) in [6, 6.07) is 6.73. The Bertz CT molecular complexity index is 349. The van der Waals surface area contributed by atoms with Crippen molar-refractivity contribution >= 4 is 0 Å². The highest BCUT2D eigenvalue weighted by Gasteiger charge is 2.15. The van der Waals surface area contributed by atoms with E-state index in [1.54, 1.807) is 24.3 Å². The van der Waals surface area contributed by atoms with Crippen LogP contribution in [0, 0.1) is 0 Å². The lowest BCUT2D eigenvalue weighted by Gasteiger charge is -2.26. The van der Waals surface area contributed by atoms with Gasteiger partial charge in [0.2, 0.25) is 0 Å². The fourth-order valence-corrected chi connectivity index (χ4v) is 1.84. The molecule has 18 heavy (non-hydrogen) atoms. The van der Waals surface area contributed by atoms with Gasteiger partial charge in [-0.05, 0) is 38.0 Å². The lowest BCUT2D eigenvalue weighted by Crippen LogP contribution is -2.38. The number of hydrogen-bond acceptors (Lipinski definition) is 2. The highest BCUT2D eigenvalue weighted by molar-refractivity contribution is 5.27. The minimum Gasteiger partial charge on any atom is -0.435 e. The number of rotatable bonds is 7. The maximum atomic E-state index is 12.0. The van der Waals surface area contributed by atoms with E-state index < -0.39 is 6.61 Å². The average molecular weight is 257 g/mol. The van der Waals surface area contributed by atoms with E-state index in [1.165, 1.54) is 0 Å². The van der Waals surface area contributed by atoms with Crippen molar-refractivity contribution in [2.24, 2.45) is 0 Å². The molecule has 0 spiro atoms. The molecule has 102 valence electrons. The first-order chi connectivity index (χ1) is 8.43. The van der Waals surface area contributed by atoms with Crippen LogP contribution >= 0.6 is 0 Å². The second-order valence-electron chi connectivity index (χ2n) is 5.01. The molecule has 0 bridgehead atoms. The van der Waals surface area contributed by atoms with Crippen LogP contribution in [0.25, 0.3) is 0 Å². The third-order valence-corrected chi connectivity index (χ3v) is 2.79. The molecule has 0 saturated heterocycles. The van der Waals surface area contributed by atoms with Gasteiger partial charge in [0.25, 0.3) is 0 Å². The van der Waals surface area contributed by atoms with Crippen LogP contribution in [-0.2, 0) is 6.54 Å². The zero-order chi connectivity index (χ0) is 13.6. The van der Waals surface area contributed by atoms with Gasteiger partial charge in [0.15, 0.2) is 0 Å². The summed E-state index contributed by atoms with van der Waals surface area (Å²) in [6.45, 7) is 4.43. The molecule has 1 N–H and O–H groups in total. The van der Waals surface area contributed by atoms with Crippen molar-refractivity contribution in [3.8, 4) is 5.75 Å². The average Bonchev–Trinajstić information content (AvgIpc) is 2.27. The molecule has 0 fully saturated rings. The van der Waals surface area contributed by atoms with E-state index in [2.05, 4.69) is 30.8 Å². The van der Waals surface area contributed by atoms with Gasteiger partial charge in [-0.3, -0.25) is 0 Å². The van der Waals surface area contributed by atoms with Gasteiger partial charge in [0, 0.05) is 12.1 Å². The molecule has 0 aliphatic carbocycles. The maximum absolute atomic E-state index is 12.0. The monoisotopic (exact) mass is 257 g/mol. The maximum Gasteiger partial charge on any atom is 0.387 e. The largest absolute Gasteiger partial charge is 0.435 e. The first-order valence-corrected chi connectivity index (χ1v) is 6.22. The molecule has 1 aromatic carbocycles. The van der Waals surface area contributed by atoms with Crippen molar-refractivity contribution < 1.29 is 13.5 Å². The van der Waals surface area contributed by atoms with Crippen molar-refractivity contribution in [2.75, 3.05) is 0 Å². The van der Waals surface area contributed by atoms with E-state index in [9.17, 15) is 8.78 Å². The lowest BCUT2D eigenvalue weighted by molar-refractivity contribution is -0.0498. The first-order valence-electron chi connectivity index (χ1n) is 6.22. The Hall–Kier alpha value is -1.16. The molecule has 0 unspecified atom stereocenters. The summed E-state index contributed by atoms with van der Waals surface area (Å²) in [5.74, 6) is 0.196. The second-order valence-corrected chi connectivity index (χ2v) is 5.01. The minimum absolute atomic E-state index is 0.0902. The summed E-state index contributed by atoms with van der Waals surface area (Å²) in [7, 11) is 0. The van der Waals surface area contributed by atoms with Crippen LogP contribution in [-0.4, -0.2) is 12.2 Å². The van der Waals surface area contributed by atoms with Crippen LogP contribution in [0.5, 0.6) is 5.75 Å². The van der Waals surface area contributed by atoms with E-state index in [-0.39, 0.29) is 11.3 Å². The number of hydrogen-bond donors (Lipinski definition) is 1. The minimum atomic E-state index is -2.77. The molecule has 1 aromatic rings. The summed E-state index contributed by atoms with van der Waals surface area (Å²) in [5.41, 5.74) is 1.15. The van der Waals surface area contributed by atoms with Crippen molar-refractivity contribution in [1.82, 2.24) is 5.32 Å². The number of benzene rings is 1. The van der Waals surface area contributed by atoms with Crippen molar-refractivity contribution in [3.63, 3.8) is 0 Å². The first kappa shape index (κ1) is 14.9. The number of alkyl halides is 2. The molecule has 2 nitrogen and oxygen atoms in total. The smallest absolute Gasteiger partial charge is 0.387 e. The molecule has 0 atom stereocenters. The quantitative estimate of drug-likeness (QED) is 0.798. The molecule has 0 aromatic heterocycles. The topological polar surface area (TPSA) is 21.3 Å². The van der Waals surface area contributed by atoms with E-state index in [0.717, 1.165) is 24.9 Å². The Labute approximate surface area is 107 Å². The van der Waals surface area contributed by atoms with Gasteiger partial charge in [-0.15, -0.1) is 0 Å². The summed E-state index contributed by atoms with van der Waals surface area (Å²) < 4.78 is 28.3. The Kier molecular flexibility index (Phi) is 5.54. The number of nitrogens with one attached hydrogen (secondary N) is 1. The zero-order valence-electron chi connectivity index (χ0n) is 11.2. The van der Waals surface area contributed by atoms with E-state index in [4.69, 9.17) is 0 Å². The predicted molar refractivity (Wildman–Crippen MR) is 68.9 cm³/mol. The SMILES string of the molecule is CCCC(C)(C)NCc1ccc(OC(F)F)cc1. The van der Waals surface area contributed by atoms with Gasteiger partial charge >= 0.3 is 6.61 Å². The fraction of sp³-hybridized carbons (Fsp3) is 0.571. The van der Waals surface area contributed by atoms with E-state index in [0.29, 0.717) is 0 Å². The number of halogens is 2. The Morgan fingerprint density at radius 3 is 2.33 bits per heavy atom. The normalized spacial score (nSPS) is 11.9. The third kappa shape index (κ3) is 5.45. The molecule has 0 amide bonds. The third-order valence-electron chi connectivity index (χ3n) is 2.79. The van der Waals surface area contributed by atoms with Crippen LogP contribution in [0.4, 0.5) is 8.78 Å². The molecule has 0 radical (unpaired) electrons. The second kappa shape index (κ2) is 6.69. The van der Waals surface area contributed by atoms with Crippen molar-refractivity contribution in [3.05, 3.63) is 29.8 Å². The van der Waals surface area contributed by atoms with Crippen molar-refractivity contribution in [1.29, 1.82) is 0 Å². The van der Waals surface area contributed by atoms with Gasteiger partial charge in [-0.1, -0.05) is 25.5 Å². The zero-order valence-corrected chi connectivity index (χ0v) is 11.2. The molecule has 0 heterocycles. The van der Waals surface area contributed by atoms with Crippen molar-refractivity contribution in [2.45, 2.75) is 52.3 Å². The Morgan fingerprint density at radius 2 is 1.83 bits per heavy atom. The van der Waals surface area contributed by atoms with Gasteiger partial charge in [-0.2, -0.15) is 8.78 Å². The Balaban J connectivity index is 2.48. The molecule has 0 saturated carbocycles. The van der Waals surface area contributed by atoms with Crippen LogP contribution in [0.1, 0.15) is 39.2 Å². The molecular weight excluding hydrogens is 236 g/mol. The van der Waals surface area contributed by atoms with Gasteiger partial charge in [-0.25, -0.2) is 0 Å². The summed E-state index contributed by atoms with van der Waals surface area (Å²) in [6.07, 6.45) is 2.22. The Morgan fingerprint density at radius 1 is 1.22 bits per heavy atom. The van der Waals surface area contributed by atoms with Gasteiger partial charge < -0.3 is 10.1 Å². The van der Waals surface area contributed by atoms with Gasteiger partial charge in [0.1, 0.15) is 5.75 Å². The highest BCUT2D eigenvalue weighted by Crippen LogP contribution is 2.16. The van der Waals surface area contributed by atoms with E-state index in [1.807, 2.05) is 0 Å². The standard InChI is InChI=1S/C14H21F2NO/c1-4-9-14(2,3)17-10-11-5-7-12(8-6-11)18-13(15)16/h5-8,13,17H,4,9-10H2,1-3H3. The predicted octanol–water partition coefficient (Wildman–Crippen LogP) is 3.96. The summed E-state index contributed by atoms with van der Waals surface area (Å²) in [4.78, 5) is 0. The van der Waals surface area contributed by atoms with Crippen LogP contribution < -0.4 is 10.1 Å². The molecule has 0 aliphatic rings. The van der Waals surface area contributed by atoms with Crippen LogP contribution in [0.3, 0.4) is 0 Å². The van der Waals surface area contributed by atoms with E-state index >= 15 is 0 Å². The molecular formula is C14H21F2NO. The fourth-order valence-electron chi connectivity index (χ4n) is 1.84. The van der Waals surface area contributed by atoms with Crippen LogP contribution in [0.2, 0.25) is 0 Å². The lowest BCUT2D eigenvalue weighted by atomic mass is 9.98. The van der Waals surface area contributed by atoms with Crippen LogP contribution in [0.15, 0.2) is 24.3 Å². The molecule has 4 heteroatoms. The summed E-state index contributed by atoms with van der Waals surface area (Å²) in [5, 5.41) is 3.45. The molecule has 1 rings (SSSR count). The number of ether oxygens (including phenoxy) is 1. The highest BCUT2D eigenvalue weighted by atomic mass is 19.3. The molecule has 0 aliphatic heterocycles.